The number of carbonyl (C=O) groups excluding carboxylic acids is 4. The fourth-order valence-corrected chi connectivity index (χ4v) is 4.49. The number of hydrogen-bond acceptors (Lipinski definition) is 4. The Bertz CT molecular complexity index is 1110. The Morgan fingerprint density at radius 3 is 2.45 bits per heavy atom. The zero-order chi connectivity index (χ0) is 22.9. The molecule has 33 heavy (non-hydrogen) atoms. The summed E-state index contributed by atoms with van der Waals surface area (Å²) in [7, 11) is 0. The van der Waals surface area contributed by atoms with Crippen LogP contribution in [0.1, 0.15) is 36.0 Å². The van der Waals surface area contributed by atoms with Gasteiger partial charge in [0.25, 0.3) is 5.91 Å². The van der Waals surface area contributed by atoms with Gasteiger partial charge in [-0.15, -0.1) is 0 Å². The lowest BCUT2D eigenvalue weighted by Crippen LogP contribution is -2.44. The normalized spacial score (nSPS) is 20.0. The molecular formula is C25H26N4O4. The minimum Gasteiger partial charge on any atom is -0.342 e. The van der Waals surface area contributed by atoms with E-state index in [-0.39, 0.29) is 42.0 Å². The second kappa shape index (κ2) is 8.69. The molecule has 2 aromatic carbocycles. The van der Waals surface area contributed by atoms with E-state index in [0.717, 1.165) is 32.2 Å². The van der Waals surface area contributed by atoms with Gasteiger partial charge in [-0.2, -0.15) is 0 Å². The molecule has 2 fully saturated rings. The Labute approximate surface area is 191 Å². The molecule has 2 heterocycles. The number of carbonyl (C=O) groups is 4. The maximum atomic E-state index is 13.1. The lowest BCUT2D eigenvalue weighted by Gasteiger charge is -2.32. The number of benzene rings is 2. The fraction of sp³-hybridized carbons (Fsp3) is 0.360. The second-order valence-electron chi connectivity index (χ2n) is 8.92. The summed E-state index contributed by atoms with van der Waals surface area (Å²) in [6.45, 7) is 1.15. The Morgan fingerprint density at radius 1 is 0.939 bits per heavy atom. The van der Waals surface area contributed by atoms with Crippen LogP contribution in [0.5, 0.6) is 0 Å². The number of rotatable bonds is 4. The van der Waals surface area contributed by atoms with Crippen LogP contribution >= 0.6 is 0 Å². The molecule has 8 heteroatoms. The first kappa shape index (κ1) is 21.2. The minimum absolute atomic E-state index is 0.0495. The maximum absolute atomic E-state index is 13.1. The highest BCUT2D eigenvalue weighted by Crippen LogP contribution is 2.33. The molecule has 2 N–H and O–H groups in total. The molecule has 2 aromatic rings. The third-order valence-electron chi connectivity index (χ3n) is 6.45. The standard InChI is InChI=1S/C25H26N4O4/c30-22-15-29(21-6-2-1-5-20(21)27-22)25(33)17-9-11-19(12-10-17)26-23(31)18-4-3-13-28(14-18)24(32)16-7-8-16/h1-2,5-6,9-12,16,18H,3-4,7-8,13-15H2,(H,26,31)(H,27,30). The molecule has 0 aromatic heterocycles. The lowest BCUT2D eigenvalue weighted by molar-refractivity contribution is -0.135. The monoisotopic (exact) mass is 446 g/mol. The Hall–Kier alpha value is -3.68. The Morgan fingerprint density at radius 2 is 1.70 bits per heavy atom. The van der Waals surface area contributed by atoms with Gasteiger partial charge in [0.05, 0.1) is 17.3 Å². The number of anilines is 3. The van der Waals surface area contributed by atoms with Crippen LogP contribution in [0.25, 0.3) is 0 Å². The quantitative estimate of drug-likeness (QED) is 0.755. The van der Waals surface area contributed by atoms with Crippen LogP contribution in [0.15, 0.2) is 48.5 Å². The van der Waals surface area contributed by atoms with Gasteiger partial charge < -0.3 is 15.5 Å². The average molecular weight is 447 g/mol. The van der Waals surface area contributed by atoms with E-state index in [1.54, 1.807) is 42.5 Å². The van der Waals surface area contributed by atoms with Gasteiger partial charge in [0.1, 0.15) is 6.54 Å². The summed E-state index contributed by atoms with van der Waals surface area (Å²) in [6.07, 6.45) is 3.51. The van der Waals surface area contributed by atoms with Crippen molar-refractivity contribution in [2.24, 2.45) is 11.8 Å². The molecule has 2 aliphatic heterocycles. The topological polar surface area (TPSA) is 98.8 Å². The van der Waals surface area contributed by atoms with Crippen molar-refractivity contribution in [1.29, 1.82) is 0 Å². The number of nitrogens with zero attached hydrogens (tertiary/aromatic N) is 2. The highest BCUT2D eigenvalue weighted by atomic mass is 16.2. The summed E-state index contributed by atoms with van der Waals surface area (Å²) in [5, 5.41) is 5.69. The first-order valence-corrected chi connectivity index (χ1v) is 11.4. The van der Waals surface area contributed by atoms with Gasteiger partial charge in [-0.05, 0) is 62.1 Å². The first-order valence-electron chi connectivity index (χ1n) is 11.4. The van der Waals surface area contributed by atoms with Gasteiger partial charge in [-0.25, -0.2) is 0 Å². The van der Waals surface area contributed by atoms with Gasteiger partial charge >= 0.3 is 0 Å². The van der Waals surface area contributed by atoms with Gasteiger partial charge in [0.15, 0.2) is 0 Å². The molecule has 1 atom stereocenters. The summed E-state index contributed by atoms with van der Waals surface area (Å²) >= 11 is 0. The smallest absolute Gasteiger partial charge is 0.258 e. The van der Waals surface area contributed by atoms with Crippen LogP contribution in [0, 0.1) is 11.8 Å². The molecule has 1 unspecified atom stereocenters. The highest BCUT2D eigenvalue weighted by molar-refractivity contribution is 6.15. The first-order chi connectivity index (χ1) is 16.0. The molecule has 1 saturated carbocycles. The third kappa shape index (κ3) is 4.46. The van der Waals surface area contributed by atoms with Crippen molar-refractivity contribution < 1.29 is 19.2 Å². The van der Waals surface area contributed by atoms with Gasteiger partial charge in [0.2, 0.25) is 17.7 Å². The predicted octanol–water partition coefficient (Wildman–Crippen LogP) is 2.87. The molecule has 3 aliphatic rings. The van der Waals surface area contributed by atoms with Crippen molar-refractivity contribution >= 4 is 40.7 Å². The van der Waals surface area contributed by atoms with E-state index >= 15 is 0 Å². The third-order valence-corrected chi connectivity index (χ3v) is 6.45. The number of para-hydroxylation sites is 2. The molecule has 0 radical (unpaired) electrons. The molecule has 1 saturated heterocycles. The van der Waals surface area contributed by atoms with Crippen LogP contribution in [0.4, 0.5) is 17.1 Å². The molecule has 170 valence electrons. The fourth-order valence-electron chi connectivity index (χ4n) is 4.49. The van der Waals surface area contributed by atoms with Crippen LogP contribution in [-0.2, 0) is 14.4 Å². The van der Waals surface area contributed by atoms with Gasteiger partial charge in [-0.1, -0.05) is 12.1 Å². The Balaban J connectivity index is 1.23. The summed E-state index contributed by atoms with van der Waals surface area (Å²) in [6, 6.07) is 13.9. The molecule has 8 nitrogen and oxygen atoms in total. The van der Waals surface area contributed by atoms with Crippen molar-refractivity contribution in [2.45, 2.75) is 25.7 Å². The van der Waals surface area contributed by atoms with Crippen molar-refractivity contribution in [3.8, 4) is 0 Å². The summed E-state index contributed by atoms with van der Waals surface area (Å²) in [5.74, 6) is -0.516. The Kier molecular flexibility index (Phi) is 5.58. The summed E-state index contributed by atoms with van der Waals surface area (Å²) in [4.78, 5) is 53.5. The molecule has 4 amide bonds. The van der Waals surface area contributed by atoms with Gasteiger partial charge in [0, 0.05) is 30.3 Å². The molecule has 0 bridgehead atoms. The van der Waals surface area contributed by atoms with Crippen molar-refractivity contribution in [1.82, 2.24) is 4.90 Å². The number of piperidine rings is 1. The maximum Gasteiger partial charge on any atom is 0.258 e. The van der Waals surface area contributed by atoms with Crippen molar-refractivity contribution in [3.05, 3.63) is 54.1 Å². The van der Waals surface area contributed by atoms with Crippen molar-refractivity contribution in [3.63, 3.8) is 0 Å². The zero-order valence-electron chi connectivity index (χ0n) is 18.3. The minimum atomic E-state index is -0.281. The molecule has 5 rings (SSSR count). The number of nitrogens with one attached hydrogen (secondary N) is 2. The number of amides is 4. The molecule has 0 spiro atoms. The number of hydrogen-bond donors (Lipinski definition) is 2. The van der Waals surface area contributed by atoms with E-state index in [2.05, 4.69) is 10.6 Å². The van der Waals surface area contributed by atoms with Crippen LogP contribution in [0.3, 0.4) is 0 Å². The van der Waals surface area contributed by atoms with Gasteiger partial charge in [-0.3, -0.25) is 24.1 Å². The number of fused-ring (bicyclic) bond motifs is 1. The predicted molar refractivity (Wildman–Crippen MR) is 124 cm³/mol. The van der Waals surface area contributed by atoms with Crippen molar-refractivity contribution in [2.75, 3.05) is 35.2 Å². The average Bonchev–Trinajstić information content (AvgIpc) is 3.69. The van der Waals surface area contributed by atoms with Crippen LogP contribution in [0.2, 0.25) is 0 Å². The van der Waals surface area contributed by atoms with Crippen LogP contribution < -0.4 is 15.5 Å². The molecular weight excluding hydrogens is 420 g/mol. The SMILES string of the molecule is O=C1CN(C(=O)c2ccc(NC(=O)C3CCCN(C(=O)C4CC4)C3)cc2)c2ccccc2N1. The van der Waals surface area contributed by atoms with E-state index in [1.807, 2.05) is 11.0 Å². The van der Waals surface area contributed by atoms with E-state index in [9.17, 15) is 19.2 Å². The highest BCUT2D eigenvalue weighted by Gasteiger charge is 2.36. The van der Waals surface area contributed by atoms with Crippen LogP contribution in [-0.4, -0.2) is 48.2 Å². The summed E-state index contributed by atoms with van der Waals surface area (Å²) < 4.78 is 0. The summed E-state index contributed by atoms with van der Waals surface area (Å²) in [5.41, 5.74) is 2.28. The molecule has 1 aliphatic carbocycles. The zero-order valence-corrected chi connectivity index (χ0v) is 18.3. The van der Waals surface area contributed by atoms with E-state index in [4.69, 9.17) is 0 Å². The van der Waals surface area contributed by atoms with E-state index in [0.29, 0.717) is 29.2 Å². The van der Waals surface area contributed by atoms with E-state index in [1.165, 1.54) is 4.90 Å². The second-order valence-corrected chi connectivity index (χ2v) is 8.92. The largest absolute Gasteiger partial charge is 0.342 e. The lowest BCUT2D eigenvalue weighted by atomic mass is 9.96. The van der Waals surface area contributed by atoms with E-state index < -0.39 is 0 Å². The number of likely N-dealkylation sites (tertiary alicyclic amines) is 1.